The quantitative estimate of drug-likeness (QED) is 0.168. The standard InChI is InChI=1S/C55H69N11O5/c1-35(2)65-34-56-46-33-45(58-50(49(46)65)57-39-7-8-39)38-6-13-44-47(30-38)66(43-31-42(32-43)60-21-4-3-5-22-60)53(70)55(44)19-28-63(29-20-55)52(69)37-16-25-62(26-17-37)51(68)36-14-23-61(24-15-36)40-9-11-41(12-10-40)64-27-18-48(67)59-54(64)71/h6,9-13,30,33-37,39,42-43H,3-5,7-8,14-29,31-32H2,1-2H3,(H,57,58)(H,59,67,71). The molecule has 2 aliphatic carbocycles. The van der Waals surface area contributed by atoms with Gasteiger partial charge < -0.3 is 34.4 Å². The van der Waals surface area contributed by atoms with Gasteiger partial charge in [0, 0.05) is 111 Å². The molecule has 5 saturated heterocycles. The van der Waals surface area contributed by atoms with Crippen LogP contribution in [0.1, 0.15) is 115 Å². The largest absolute Gasteiger partial charge is 0.371 e. The molecule has 0 atom stereocenters. The highest BCUT2D eigenvalue weighted by Crippen LogP contribution is 2.52. The van der Waals surface area contributed by atoms with E-state index in [1.54, 1.807) is 4.90 Å². The second-order valence-corrected chi connectivity index (χ2v) is 22.2. The summed E-state index contributed by atoms with van der Waals surface area (Å²) in [5.41, 5.74) is 7.05. The molecule has 2 saturated carbocycles. The number of carbonyl (C=O) groups is 5. The van der Waals surface area contributed by atoms with Gasteiger partial charge in [0.2, 0.25) is 23.6 Å². The minimum atomic E-state index is -0.671. The number of hydrogen-bond acceptors (Lipinski definition) is 10. The van der Waals surface area contributed by atoms with Gasteiger partial charge >= 0.3 is 6.03 Å². The van der Waals surface area contributed by atoms with E-state index in [0.717, 1.165) is 115 Å². The van der Waals surface area contributed by atoms with Gasteiger partial charge in [0.25, 0.3) is 0 Å². The van der Waals surface area contributed by atoms with E-state index in [2.05, 4.69) is 68.0 Å². The van der Waals surface area contributed by atoms with Crippen LogP contribution < -0.4 is 25.3 Å². The van der Waals surface area contributed by atoms with Gasteiger partial charge in [-0.3, -0.25) is 29.4 Å². The normalized spacial score (nSPS) is 24.5. The molecule has 8 aliphatic rings. The predicted molar refractivity (Wildman–Crippen MR) is 273 cm³/mol. The van der Waals surface area contributed by atoms with E-state index in [1.165, 1.54) is 19.3 Å². The smallest absolute Gasteiger partial charge is 0.328 e. The zero-order chi connectivity index (χ0) is 48.5. The molecule has 71 heavy (non-hydrogen) atoms. The van der Waals surface area contributed by atoms with Crippen LogP contribution in [0.3, 0.4) is 0 Å². The molecule has 12 rings (SSSR count). The third-order valence-electron chi connectivity index (χ3n) is 17.6. The summed E-state index contributed by atoms with van der Waals surface area (Å²) < 4.78 is 2.20. The number of nitrogens with zero attached hydrogens (tertiary/aromatic N) is 9. The average Bonchev–Trinajstić information content (AvgIpc) is 4.05. The number of likely N-dealkylation sites (tertiary alicyclic amines) is 3. The van der Waals surface area contributed by atoms with Gasteiger partial charge in [-0.25, -0.2) is 14.8 Å². The molecule has 0 unspecified atom stereocenters. The average molecular weight is 964 g/mol. The van der Waals surface area contributed by atoms with Crippen LogP contribution in [-0.2, 0) is 24.6 Å². The van der Waals surface area contributed by atoms with E-state index in [-0.39, 0.29) is 54.0 Å². The van der Waals surface area contributed by atoms with E-state index in [1.807, 2.05) is 40.4 Å². The van der Waals surface area contributed by atoms with Gasteiger partial charge in [0.05, 0.1) is 23.0 Å². The maximum Gasteiger partial charge on any atom is 0.328 e. The van der Waals surface area contributed by atoms with Crippen LogP contribution in [0, 0.1) is 11.8 Å². The number of carbonyl (C=O) groups excluding carboxylic acids is 5. The number of piperidine rings is 4. The lowest BCUT2D eigenvalue weighted by molar-refractivity contribution is -0.144. The Kier molecular flexibility index (Phi) is 12.0. The fraction of sp³-hybridized carbons (Fsp3) is 0.582. The van der Waals surface area contributed by atoms with Crippen LogP contribution in [0.5, 0.6) is 0 Å². The first kappa shape index (κ1) is 46.1. The third kappa shape index (κ3) is 8.50. The van der Waals surface area contributed by atoms with Crippen LogP contribution in [0.25, 0.3) is 22.3 Å². The molecule has 8 heterocycles. The van der Waals surface area contributed by atoms with Gasteiger partial charge in [-0.05, 0) is 146 Å². The van der Waals surface area contributed by atoms with Crippen LogP contribution in [0.2, 0.25) is 0 Å². The maximum absolute atomic E-state index is 15.2. The number of fused-ring (bicyclic) bond motifs is 3. The van der Waals surface area contributed by atoms with Crippen molar-refractivity contribution in [1.82, 2.24) is 34.6 Å². The minimum Gasteiger partial charge on any atom is -0.371 e. The molecule has 6 aliphatic heterocycles. The van der Waals surface area contributed by atoms with Gasteiger partial charge in [0.1, 0.15) is 5.52 Å². The molecule has 4 aromatic rings. The van der Waals surface area contributed by atoms with E-state index < -0.39 is 11.4 Å². The van der Waals surface area contributed by atoms with Gasteiger partial charge in [-0.15, -0.1) is 0 Å². The van der Waals surface area contributed by atoms with Crippen molar-refractivity contribution < 1.29 is 24.0 Å². The van der Waals surface area contributed by atoms with Gasteiger partial charge in [-0.2, -0.15) is 0 Å². The Morgan fingerprint density at radius 1 is 0.732 bits per heavy atom. The Balaban J connectivity index is 0.695. The predicted octanol–water partition coefficient (Wildman–Crippen LogP) is 7.08. The number of urea groups is 1. The first-order chi connectivity index (χ1) is 34.5. The number of imidazole rings is 1. The summed E-state index contributed by atoms with van der Waals surface area (Å²) in [4.78, 5) is 90.1. The summed E-state index contributed by atoms with van der Waals surface area (Å²) in [6.45, 7) is 10.8. The van der Waals surface area contributed by atoms with Crippen molar-refractivity contribution in [1.29, 1.82) is 0 Å². The highest BCUT2D eigenvalue weighted by molar-refractivity contribution is 6.10. The summed E-state index contributed by atoms with van der Waals surface area (Å²) in [5, 5.41) is 6.08. The highest BCUT2D eigenvalue weighted by Gasteiger charge is 2.56. The Bertz CT molecular complexity index is 2720. The van der Waals surface area contributed by atoms with E-state index in [9.17, 15) is 19.2 Å². The molecule has 1 spiro atoms. The summed E-state index contributed by atoms with van der Waals surface area (Å²) in [7, 11) is 0. The second-order valence-electron chi connectivity index (χ2n) is 22.2. The molecule has 0 bridgehead atoms. The van der Waals surface area contributed by atoms with Crippen LogP contribution in [0.15, 0.2) is 54.9 Å². The summed E-state index contributed by atoms with van der Waals surface area (Å²) in [6.07, 6.45) is 14.3. The number of aromatic nitrogens is 3. The highest BCUT2D eigenvalue weighted by atomic mass is 16.2. The van der Waals surface area contributed by atoms with E-state index in [4.69, 9.17) is 9.97 Å². The van der Waals surface area contributed by atoms with E-state index in [0.29, 0.717) is 70.5 Å². The lowest BCUT2D eigenvalue weighted by Gasteiger charge is -2.48. The first-order valence-corrected chi connectivity index (χ1v) is 26.9. The first-order valence-electron chi connectivity index (χ1n) is 26.9. The SMILES string of the molecule is CC(C)n1cnc2cc(-c3ccc4c(c3)N(C3CC(N5CCCCC5)C3)C(=O)C43CCN(C(=O)C4CCN(C(=O)C5CCN(c6ccc(N7CCC(=O)NC7=O)cc6)CC5)CC4)CC3)nc(NC3CC3)c21. The molecular weight excluding hydrogens is 895 g/mol. The Morgan fingerprint density at radius 2 is 1.39 bits per heavy atom. The van der Waals surface area contributed by atoms with Crippen molar-refractivity contribution in [3.63, 3.8) is 0 Å². The monoisotopic (exact) mass is 964 g/mol. The molecule has 7 fully saturated rings. The lowest BCUT2D eigenvalue weighted by atomic mass is 9.73. The number of rotatable bonds is 10. The molecule has 2 aromatic heterocycles. The van der Waals surface area contributed by atoms with Crippen molar-refractivity contribution in [3.05, 3.63) is 60.4 Å². The van der Waals surface area contributed by atoms with Crippen molar-refractivity contribution in [2.24, 2.45) is 11.8 Å². The lowest BCUT2D eigenvalue weighted by Crippen LogP contribution is -2.58. The molecule has 2 aromatic carbocycles. The molecular formula is C55H69N11O5. The number of imide groups is 1. The molecule has 2 N–H and O–H groups in total. The number of anilines is 4. The fourth-order valence-corrected chi connectivity index (χ4v) is 13.1. The summed E-state index contributed by atoms with van der Waals surface area (Å²) in [6, 6.07) is 17.5. The van der Waals surface area contributed by atoms with Crippen molar-refractivity contribution in [2.45, 2.75) is 133 Å². The number of nitrogens with one attached hydrogen (secondary N) is 2. The number of pyridine rings is 1. The zero-order valence-corrected chi connectivity index (χ0v) is 41.5. The Morgan fingerprint density at radius 3 is 2.06 bits per heavy atom. The topological polar surface area (TPSA) is 160 Å². The molecule has 374 valence electrons. The second kappa shape index (κ2) is 18.5. The molecule has 16 heteroatoms. The van der Waals surface area contributed by atoms with Crippen molar-refractivity contribution in [3.8, 4) is 11.3 Å². The van der Waals surface area contributed by atoms with Crippen LogP contribution in [0.4, 0.5) is 27.7 Å². The molecule has 6 amide bonds. The number of benzene rings is 2. The maximum atomic E-state index is 15.2. The van der Waals surface area contributed by atoms with Gasteiger partial charge in [0.15, 0.2) is 5.82 Å². The third-order valence-corrected chi connectivity index (χ3v) is 17.6. The fourth-order valence-electron chi connectivity index (χ4n) is 13.1. The Hall–Kier alpha value is -6.03. The zero-order valence-electron chi connectivity index (χ0n) is 41.5. The van der Waals surface area contributed by atoms with Crippen molar-refractivity contribution >= 4 is 63.6 Å². The van der Waals surface area contributed by atoms with Crippen molar-refractivity contribution in [2.75, 3.05) is 78.9 Å². The molecule has 16 nitrogen and oxygen atoms in total. The van der Waals surface area contributed by atoms with Crippen LogP contribution in [-0.4, -0.2) is 136 Å². The summed E-state index contributed by atoms with van der Waals surface area (Å²) >= 11 is 0. The summed E-state index contributed by atoms with van der Waals surface area (Å²) in [5.74, 6) is 1.02. The minimum absolute atomic E-state index is 0.0417. The van der Waals surface area contributed by atoms with E-state index >= 15 is 4.79 Å². The molecule has 0 radical (unpaired) electrons. The number of amides is 6. The van der Waals surface area contributed by atoms with Gasteiger partial charge in [-0.1, -0.05) is 18.6 Å². The number of hydrogen-bond donors (Lipinski definition) is 2. The van der Waals surface area contributed by atoms with Crippen LogP contribution >= 0.6 is 0 Å². The Labute approximate surface area is 416 Å².